The number of carbonyl (C=O) groups excluding carboxylic acids is 1. The van der Waals surface area contributed by atoms with Crippen LogP contribution in [0, 0.1) is 6.92 Å². The summed E-state index contributed by atoms with van der Waals surface area (Å²) in [6.07, 6.45) is 8.07. The minimum absolute atomic E-state index is 0.289. The van der Waals surface area contributed by atoms with Crippen molar-refractivity contribution in [2.75, 3.05) is 28.6 Å². The summed E-state index contributed by atoms with van der Waals surface area (Å²) in [5.74, 6) is 0.321. The average molecular weight is 377 g/mol. The highest BCUT2D eigenvalue weighted by molar-refractivity contribution is 6.05. The molecule has 0 aliphatic carbocycles. The number of hydrogen-bond donors (Lipinski definition) is 2. The summed E-state index contributed by atoms with van der Waals surface area (Å²) in [7, 11) is 0. The van der Waals surface area contributed by atoms with Crippen LogP contribution in [0.15, 0.2) is 49.2 Å². The number of aryl methyl sites for hydroxylation is 1. The zero-order valence-electron chi connectivity index (χ0n) is 16.2. The topological polar surface area (TPSA) is 95.9 Å². The lowest BCUT2D eigenvalue weighted by Crippen LogP contribution is -2.24. The van der Waals surface area contributed by atoms with Crippen molar-refractivity contribution in [2.45, 2.75) is 20.8 Å². The van der Waals surface area contributed by atoms with Crippen molar-refractivity contribution in [2.24, 2.45) is 0 Å². The molecule has 0 unspecified atom stereocenters. The number of anilines is 4. The lowest BCUT2D eigenvalue weighted by Gasteiger charge is -2.18. The van der Waals surface area contributed by atoms with E-state index in [9.17, 15) is 4.79 Å². The van der Waals surface area contributed by atoms with Crippen molar-refractivity contribution in [1.29, 1.82) is 0 Å². The van der Waals surface area contributed by atoms with Gasteiger partial charge in [-0.15, -0.1) is 0 Å². The normalized spacial score (nSPS) is 10.4. The molecular weight excluding hydrogens is 354 g/mol. The Morgan fingerprint density at radius 2 is 1.71 bits per heavy atom. The molecule has 0 atom stereocenters. The van der Waals surface area contributed by atoms with Crippen LogP contribution >= 0.6 is 0 Å². The lowest BCUT2D eigenvalue weighted by atomic mass is 10.2. The van der Waals surface area contributed by atoms with E-state index in [-0.39, 0.29) is 5.91 Å². The molecule has 0 spiro atoms. The molecule has 1 amide bonds. The summed E-state index contributed by atoms with van der Waals surface area (Å²) in [6.45, 7) is 7.61. The zero-order chi connectivity index (χ0) is 19.9. The summed E-state index contributed by atoms with van der Waals surface area (Å²) in [5.41, 5.74) is 3.39. The second-order valence-electron chi connectivity index (χ2n) is 6.13. The van der Waals surface area contributed by atoms with Gasteiger partial charge in [0.05, 0.1) is 35.0 Å². The van der Waals surface area contributed by atoms with E-state index in [0.29, 0.717) is 22.9 Å². The average Bonchev–Trinajstić information content (AvgIpc) is 2.72. The van der Waals surface area contributed by atoms with E-state index in [0.717, 1.165) is 24.5 Å². The highest BCUT2D eigenvalue weighted by Gasteiger charge is 2.12. The van der Waals surface area contributed by atoms with E-state index in [1.807, 2.05) is 37.8 Å². The Bertz CT molecular complexity index is 922. The van der Waals surface area contributed by atoms with Crippen LogP contribution in [0.3, 0.4) is 0 Å². The van der Waals surface area contributed by atoms with Crippen molar-refractivity contribution in [1.82, 2.24) is 19.9 Å². The Morgan fingerprint density at radius 1 is 0.964 bits per heavy atom. The maximum absolute atomic E-state index is 12.6. The van der Waals surface area contributed by atoms with Gasteiger partial charge >= 0.3 is 0 Å². The summed E-state index contributed by atoms with van der Waals surface area (Å²) < 4.78 is 0. The van der Waals surface area contributed by atoms with Crippen LogP contribution < -0.4 is 15.5 Å². The first-order valence-electron chi connectivity index (χ1n) is 9.12. The second kappa shape index (κ2) is 8.90. The molecule has 2 N–H and O–H groups in total. The summed E-state index contributed by atoms with van der Waals surface area (Å²) in [6, 6.07) is 5.55. The van der Waals surface area contributed by atoms with E-state index >= 15 is 0 Å². The number of rotatable bonds is 7. The largest absolute Gasteiger partial charge is 0.351 e. The van der Waals surface area contributed by atoms with Crippen molar-refractivity contribution < 1.29 is 4.79 Å². The summed E-state index contributed by atoms with van der Waals surface area (Å²) >= 11 is 0. The van der Waals surface area contributed by atoms with Crippen LogP contribution in [-0.2, 0) is 0 Å². The summed E-state index contributed by atoms with van der Waals surface area (Å²) in [5, 5.41) is 6.10. The Labute approximate surface area is 164 Å². The van der Waals surface area contributed by atoms with Gasteiger partial charge in [-0.05, 0) is 39.0 Å². The molecule has 144 valence electrons. The number of aromatic nitrogens is 4. The van der Waals surface area contributed by atoms with E-state index in [1.54, 1.807) is 24.7 Å². The number of amides is 1. The van der Waals surface area contributed by atoms with Crippen LogP contribution in [0.4, 0.5) is 23.0 Å². The molecule has 3 rings (SSSR count). The molecule has 3 aromatic rings. The van der Waals surface area contributed by atoms with Crippen LogP contribution in [0.2, 0.25) is 0 Å². The molecule has 0 aliphatic heterocycles. The van der Waals surface area contributed by atoms with Gasteiger partial charge in [-0.2, -0.15) is 0 Å². The molecule has 0 radical (unpaired) electrons. The fraction of sp³-hybridized carbons (Fsp3) is 0.250. The van der Waals surface area contributed by atoms with Crippen LogP contribution in [0.25, 0.3) is 0 Å². The number of hydrogen-bond acceptors (Lipinski definition) is 7. The van der Waals surface area contributed by atoms with Gasteiger partial charge in [-0.25, -0.2) is 9.97 Å². The van der Waals surface area contributed by atoms with Crippen LogP contribution in [0.5, 0.6) is 0 Å². The third kappa shape index (κ3) is 4.59. The Hall–Kier alpha value is -3.55. The molecule has 0 bridgehead atoms. The van der Waals surface area contributed by atoms with Gasteiger partial charge in [0.1, 0.15) is 0 Å². The van der Waals surface area contributed by atoms with Crippen molar-refractivity contribution in [3.05, 3.63) is 60.4 Å². The fourth-order valence-corrected chi connectivity index (χ4v) is 2.60. The zero-order valence-corrected chi connectivity index (χ0v) is 16.2. The van der Waals surface area contributed by atoms with E-state index < -0.39 is 0 Å². The smallest absolute Gasteiger partial charge is 0.258 e. The number of carbonyl (C=O) groups is 1. The molecule has 0 fully saturated rings. The maximum Gasteiger partial charge on any atom is 0.258 e. The molecule has 3 heterocycles. The van der Waals surface area contributed by atoms with E-state index in [4.69, 9.17) is 0 Å². The number of nitrogens with one attached hydrogen (secondary N) is 2. The van der Waals surface area contributed by atoms with Gasteiger partial charge in [0, 0.05) is 37.4 Å². The van der Waals surface area contributed by atoms with E-state index in [1.165, 1.54) is 12.4 Å². The van der Waals surface area contributed by atoms with Gasteiger partial charge < -0.3 is 15.5 Å². The molecule has 28 heavy (non-hydrogen) atoms. The first-order chi connectivity index (χ1) is 13.6. The van der Waals surface area contributed by atoms with Gasteiger partial charge in [0.15, 0.2) is 0 Å². The maximum atomic E-state index is 12.6. The van der Waals surface area contributed by atoms with Crippen molar-refractivity contribution in [3.63, 3.8) is 0 Å². The number of nitrogens with zero attached hydrogens (tertiary/aromatic N) is 5. The Kier molecular flexibility index (Phi) is 6.11. The quantitative estimate of drug-likeness (QED) is 0.651. The monoisotopic (exact) mass is 377 g/mol. The fourth-order valence-electron chi connectivity index (χ4n) is 2.60. The molecular formula is C20H23N7O. The molecule has 0 saturated carbocycles. The molecule has 0 aromatic carbocycles. The summed E-state index contributed by atoms with van der Waals surface area (Å²) in [4.78, 5) is 31.6. The predicted molar refractivity (Wildman–Crippen MR) is 110 cm³/mol. The van der Waals surface area contributed by atoms with Gasteiger partial charge in [-0.1, -0.05) is 0 Å². The standard InChI is InChI=1S/C20H23N7O/c1-4-27(5-2)20-23-10-15(11-24-20)19(28)26-17-8-9-21-13-18(17)25-16-7-6-14(3)22-12-16/h6-13,25H,4-5H2,1-3H3,(H,21,26,28). The minimum atomic E-state index is -0.289. The molecule has 8 heteroatoms. The van der Waals surface area contributed by atoms with Gasteiger partial charge in [-0.3, -0.25) is 14.8 Å². The minimum Gasteiger partial charge on any atom is -0.351 e. The predicted octanol–water partition coefficient (Wildman–Crippen LogP) is 3.42. The second-order valence-corrected chi connectivity index (χ2v) is 6.13. The lowest BCUT2D eigenvalue weighted by molar-refractivity contribution is 0.102. The SMILES string of the molecule is CCN(CC)c1ncc(C(=O)Nc2ccncc2Nc2ccc(C)nc2)cn1. The van der Waals surface area contributed by atoms with Gasteiger partial charge in [0.25, 0.3) is 5.91 Å². The molecule has 3 aromatic heterocycles. The van der Waals surface area contributed by atoms with Crippen LogP contribution in [-0.4, -0.2) is 38.9 Å². The van der Waals surface area contributed by atoms with Crippen molar-refractivity contribution >= 4 is 28.9 Å². The highest BCUT2D eigenvalue weighted by atomic mass is 16.1. The Morgan fingerprint density at radius 3 is 2.36 bits per heavy atom. The van der Waals surface area contributed by atoms with Crippen LogP contribution in [0.1, 0.15) is 29.9 Å². The molecule has 8 nitrogen and oxygen atoms in total. The molecule has 0 aliphatic rings. The first-order valence-corrected chi connectivity index (χ1v) is 9.12. The third-order valence-corrected chi connectivity index (χ3v) is 4.21. The first kappa shape index (κ1) is 19.2. The van der Waals surface area contributed by atoms with E-state index in [2.05, 4.69) is 30.6 Å². The van der Waals surface area contributed by atoms with Crippen molar-refractivity contribution in [3.8, 4) is 0 Å². The van der Waals surface area contributed by atoms with Gasteiger partial charge in [0.2, 0.25) is 5.95 Å². The molecule has 0 saturated heterocycles. The number of pyridine rings is 2. The third-order valence-electron chi connectivity index (χ3n) is 4.21. The highest BCUT2D eigenvalue weighted by Crippen LogP contribution is 2.24. The Balaban J connectivity index is 1.74.